The standard InChI is InChI=1S/C9H9ClF3NO3S/c1-5(17-18(2,15)16)8-6(10)3-4-7(14-8)9(11,12)13/h3-5H,1-2H3. The first kappa shape index (κ1) is 15.2. The van der Waals surface area contributed by atoms with Gasteiger partial charge < -0.3 is 0 Å². The lowest BCUT2D eigenvalue weighted by Gasteiger charge is -2.14. The van der Waals surface area contributed by atoms with Crippen molar-refractivity contribution < 1.29 is 25.8 Å². The van der Waals surface area contributed by atoms with Crippen LogP contribution in [0.4, 0.5) is 13.2 Å². The molecule has 102 valence electrons. The molecule has 1 rings (SSSR count). The molecule has 0 bridgehead atoms. The summed E-state index contributed by atoms with van der Waals surface area (Å²) in [5.74, 6) is 0. The second-order valence-corrected chi connectivity index (χ2v) is 5.51. The van der Waals surface area contributed by atoms with Crippen LogP contribution >= 0.6 is 11.6 Å². The summed E-state index contributed by atoms with van der Waals surface area (Å²) in [5, 5.41) is -0.0980. The van der Waals surface area contributed by atoms with Crippen LogP contribution in [-0.2, 0) is 20.5 Å². The molecule has 0 saturated carbocycles. The van der Waals surface area contributed by atoms with Crippen molar-refractivity contribution in [3.63, 3.8) is 0 Å². The quantitative estimate of drug-likeness (QED) is 0.806. The summed E-state index contributed by atoms with van der Waals surface area (Å²) >= 11 is 5.67. The zero-order chi connectivity index (χ0) is 14.1. The Bertz CT molecular complexity index is 544. The molecule has 18 heavy (non-hydrogen) atoms. The molecule has 1 atom stereocenters. The summed E-state index contributed by atoms with van der Waals surface area (Å²) < 4.78 is 63.6. The predicted octanol–water partition coefficient (Wildman–Crippen LogP) is 2.79. The molecular weight excluding hydrogens is 295 g/mol. The SMILES string of the molecule is CC(OS(C)(=O)=O)c1nc(C(F)(F)F)ccc1Cl. The average molecular weight is 304 g/mol. The topological polar surface area (TPSA) is 56.3 Å². The highest BCUT2D eigenvalue weighted by Crippen LogP contribution is 2.32. The number of alkyl halides is 3. The molecule has 4 nitrogen and oxygen atoms in total. The second kappa shape index (κ2) is 5.02. The molecule has 0 N–H and O–H groups in total. The van der Waals surface area contributed by atoms with Gasteiger partial charge in [-0.2, -0.15) is 21.6 Å². The minimum atomic E-state index is -4.63. The highest BCUT2D eigenvalue weighted by molar-refractivity contribution is 7.86. The molecule has 1 aromatic heterocycles. The van der Waals surface area contributed by atoms with Crippen LogP contribution in [0.2, 0.25) is 5.02 Å². The maximum absolute atomic E-state index is 12.4. The van der Waals surface area contributed by atoms with Gasteiger partial charge in [0.2, 0.25) is 0 Å². The maximum atomic E-state index is 12.4. The van der Waals surface area contributed by atoms with Crippen LogP contribution in [0.3, 0.4) is 0 Å². The average Bonchev–Trinajstić information content (AvgIpc) is 2.13. The lowest BCUT2D eigenvalue weighted by molar-refractivity contribution is -0.141. The summed E-state index contributed by atoms with van der Waals surface area (Å²) in [6.45, 7) is 1.25. The summed E-state index contributed by atoms with van der Waals surface area (Å²) in [7, 11) is -3.82. The third-order valence-electron chi connectivity index (χ3n) is 1.87. The van der Waals surface area contributed by atoms with Crippen molar-refractivity contribution in [3.8, 4) is 0 Å². The molecule has 0 aliphatic heterocycles. The van der Waals surface area contributed by atoms with Crippen LogP contribution in [0.5, 0.6) is 0 Å². The molecule has 0 fully saturated rings. The van der Waals surface area contributed by atoms with Gasteiger partial charge in [0.1, 0.15) is 11.8 Å². The number of hydrogen-bond acceptors (Lipinski definition) is 4. The van der Waals surface area contributed by atoms with Crippen molar-refractivity contribution in [3.05, 3.63) is 28.5 Å². The van der Waals surface area contributed by atoms with Crippen molar-refractivity contribution in [2.75, 3.05) is 6.26 Å². The molecule has 0 aromatic carbocycles. The Labute approximate surface area is 107 Å². The van der Waals surface area contributed by atoms with Crippen molar-refractivity contribution in [2.45, 2.75) is 19.2 Å². The van der Waals surface area contributed by atoms with E-state index >= 15 is 0 Å². The highest BCUT2D eigenvalue weighted by Gasteiger charge is 2.33. The largest absolute Gasteiger partial charge is 0.433 e. The number of nitrogens with zero attached hydrogens (tertiary/aromatic N) is 1. The van der Waals surface area contributed by atoms with E-state index in [4.69, 9.17) is 11.6 Å². The van der Waals surface area contributed by atoms with Crippen LogP contribution < -0.4 is 0 Å². The van der Waals surface area contributed by atoms with Gasteiger partial charge in [-0.3, -0.25) is 4.18 Å². The predicted molar refractivity (Wildman–Crippen MR) is 58.6 cm³/mol. The molecule has 1 heterocycles. The van der Waals surface area contributed by atoms with E-state index in [0.29, 0.717) is 6.07 Å². The zero-order valence-corrected chi connectivity index (χ0v) is 10.9. The fourth-order valence-corrected chi connectivity index (χ4v) is 2.08. The van der Waals surface area contributed by atoms with Crippen LogP contribution in [0.1, 0.15) is 24.4 Å². The summed E-state index contributed by atoms with van der Waals surface area (Å²) in [5.41, 5.74) is -1.44. The molecule has 9 heteroatoms. The first-order valence-corrected chi connectivity index (χ1v) is 6.82. The number of rotatable bonds is 3. The van der Waals surface area contributed by atoms with Gasteiger partial charge in [0, 0.05) is 0 Å². The number of hydrogen-bond donors (Lipinski definition) is 0. The first-order chi connectivity index (χ1) is 8.00. The number of aromatic nitrogens is 1. The van der Waals surface area contributed by atoms with E-state index in [9.17, 15) is 21.6 Å². The third-order valence-corrected chi connectivity index (χ3v) is 2.83. The minimum Gasteiger partial charge on any atom is -0.261 e. The number of halogens is 4. The normalized spacial score (nSPS) is 14.6. The first-order valence-electron chi connectivity index (χ1n) is 4.62. The third kappa shape index (κ3) is 4.11. The molecule has 0 spiro atoms. The Morgan fingerprint density at radius 2 is 1.94 bits per heavy atom. The Morgan fingerprint density at radius 3 is 2.39 bits per heavy atom. The molecular formula is C9H9ClF3NO3S. The monoisotopic (exact) mass is 303 g/mol. The van der Waals surface area contributed by atoms with Gasteiger partial charge in [0.15, 0.2) is 0 Å². The summed E-state index contributed by atoms with van der Waals surface area (Å²) in [6, 6.07) is 1.70. The highest BCUT2D eigenvalue weighted by atomic mass is 35.5. The zero-order valence-electron chi connectivity index (χ0n) is 9.32. The maximum Gasteiger partial charge on any atom is 0.433 e. The smallest absolute Gasteiger partial charge is 0.261 e. The van der Waals surface area contributed by atoms with Gasteiger partial charge in [0.25, 0.3) is 10.1 Å². The van der Waals surface area contributed by atoms with Crippen molar-refractivity contribution >= 4 is 21.7 Å². The molecule has 0 amide bonds. The van der Waals surface area contributed by atoms with Gasteiger partial charge >= 0.3 is 6.18 Å². The summed E-state index contributed by atoms with van der Waals surface area (Å²) in [6.07, 6.45) is -5.05. The van der Waals surface area contributed by atoms with Crippen LogP contribution in [0.25, 0.3) is 0 Å². The fraction of sp³-hybridized carbons (Fsp3) is 0.444. The molecule has 0 saturated heterocycles. The fourth-order valence-electron chi connectivity index (χ4n) is 1.21. The van der Waals surface area contributed by atoms with Crippen LogP contribution in [-0.4, -0.2) is 19.7 Å². The van der Waals surface area contributed by atoms with Gasteiger partial charge in [-0.25, -0.2) is 4.98 Å². The van der Waals surface area contributed by atoms with E-state index in [0.717, 1.165) is 12.3 Å². The lowest BCUT2D eigenvalue weighted by atomic mass is 10.2. The van der Waals surface area contributed by atoms with E-state index < -0.39 is 28.1 Å². The molecule has 1 aromatic rings. The van der Waals surface area contributed by atoms with Crippen molar-refractivity contribution in [1.82, 2.24) is 4.98 Å². The molecule has 0 radical (unpaired) electrons. The Kier molecular flexibility index (Phi) is 4.24. The molecule has 0 aliphatic rings. The second-order valence-electron chi connectivity index (χ2n) is 3.50. The van der Waals surface area contributed by atoms with Crippen molar-refractivity contribution in [1.29, 1.82) is 0 Å². The van der Waals surface area contributed by atoms with Gasteiger partial charge in [0.05, 0.1) is 17.0 Å². The van der Waals surface area contributed by atoms with Gasteiger partial charge in [-0.05, 0) is 19.1 Å². The van der Waals surface area contributed by atoms with Gasteiger partial charge in [-0.15, -0.1) is 0 Å². The van der Waals surface area contributed by atoms with E-state index in [2.05, 4.69) is 9.17 Å². The Hall–Kier alpha value is -0.860. The minimum absolute atomic E-state index is 0.0980. The van der Waals surface area contributed by atoms with E-state index in [1.165, 1.54) is 6.92 Å². The van der Waals surface area contributed by atoms with E-state index in [1.807, 2.05) is 0 Å². The summed E-state index contributed by atoms with van der Waals surface area (Å²) in [4.78, 5) is 3.28. The number of pyridine rings is 1. The van der Waals surface area contributed by atoms with Crippen molar-refractivity contribution in [2.24, 2.45) is 0 Å². The Balaban J connectivity index is 3.16. The Morgan fingerprint density at radius 1 is 1.39 bits per heavy atom. The molecule has 1 unspecified atom stereocenters. The van der Waals surface area contributed by atoms with E-state index in [-0.39, 0.29) is 10.7 Å². The van der Waals surface area contributed by atoms with E-state index in [1.54, 1.807) is 0 Å². The van der Waals surface area contributed by atoms with Crippen LogP contribution in [0, 0.1) is 0 Å². The van der Waals surface area contributed by atoms with Crippen LogP contribution in [0.15, 0.2) is 12.1 Å². The molecule has 0 aliphatic carbocycles. The van der Waals surface area contributed by atoms with Gasteiger partial charge in [-0.1, -0.05) is 11.6 Å². The lowest BCUT2D eigenvalue weighted by Crippen LogP contribution is -2.14.